The van der Waals surface area contributed by atoms with E-state index in [-0.39, 0.29) is 11.7 Å². The maximum Gasteiger partial charge on any atom is 0.341 e. The van der Waals surface area contributed by atoms with E-state index >= 15 is 0 Å². The van der Waals surface area contributed by atoms with Crippen LogP contribution in [0.1, 0.15) is 29.6 Å². The van der Waals surface area contributed by atoms with Gasteiger partial charge in [-0.25, -0.2) is 9.18 Å². The van der Waals surface area contributed by atoms with Gasteiger partial charge in [0.2, 0.25) is 0 Å². The van der Waals surface area contributed by atoms with Gasteiger partial charge in [-0.1, -0.05) is 0 Å². The zero-order chi connectivity index (χ0) is 10.8. The molecular formula is C11H12FNO2. The lowest BCUT2D eigenvalue weighted by atomic mass is 9.96. The van der Waals surface area contributed by atoms with Crippen LogP contribution in [-0.4, -0.2) is 12.1 Å². The lowest BCUT2D eigenvalue weighted by Gasteiger charge is -2.25. The van der Waals surface area contributed by atoms with E-state index in [9.17, 15) is 9.18 Å². The summed E-state index contributed by atoms with van der Waals surface area (Å²) in [4.78, 5) is 11.5. The standard InChI is InChI=1S/C11H12FNO2/c12-10-6-7(13)4-5-9(10)11(14)15-8-2-1-3-8/h4-6,8H,1-3,13H2. The molecule has 0 radical (unpaired) electrons. The van der Waals surface area contributed by atoms with Crippen molar-refractivity contribution in [2.45, 2.75) is 25.4 Å². The maximum absolute atomic E-state index is 13.3. The highest BCUT2D eigenvalue weighted by molar-refractivity contribution is 5.90. The molecule has 2 rings (SSSR count). The van der Waals surface area contributed by atoms with Crippen molar-refractivity contribution >= 4 is 11.7 Å². The molecule has 1 aromatic carbocycles. The number of nitrogen functional groups attached to an aromatic ring is 1. The molecule has 0 amide bonds. The Morgan fingerprint density at radius 1 is 1.47 bits per heavy atom. The molecule has 0 atom stereocenters. The minimum Gasteiger partial charge on any atom is -0.459 e. The number of hydrogen-bond acceptors (Lipinski definition) is 3. The molecule has 1 aliphatic carbocycles. The highest BCUT2D eigenvalue weighted by atomic mass is 19.1. The van der Waals surface area contributed by atoms with E-state index in [4.69, 9.17) is 10.5 Å². The summed E-state index contributed by atoms with van der Waals surface area (Å²) in [7, 11) is 0. The van der Waals surface area contributed by atoms with Crippen molar-refractivity contribution in [1.82, 2.24) is 0 Å². The number of anilines is 1. The lowest BCUT2D eigenvalue weighted by molar-refractivity contribution is 0.00855. The predicted molar refractivity (Wildman–Crippen MR) is 53.9 cm³/mol. The van der Waals surface area contributed by atoms with Gasteiger partial charge in [0.1, 0.15) is 11.9 Å². The fourth-order valence-electron chi connectivity index (χ4n) is 1.40. The van der Waals surface area contributed by atoms with E-state index in [0.29, 0.717) is 5.69 Å². The first-order valence-corrected chi connectivity index (χ1v) is 4.93. The Labute approximate surface area is 87.0 Å². The van der Waals surface area contributed by atoms with Gasteiger partial charge in [-0.05, 0) is 37.5 Å². The third-order valence-electron chi connectivity index (χ3n) is 2.54. The number of halogens is 1. The first kappa shape index (κ1) is 9.96. The Morgan fingerprint density at radius 2 is 2.20 bits per heavy atom. The zero-order valence-corrected chi connectivity index (χ0v) is 8.20. The fraction of sp³-hybridized carbons (Fsp3) is 0.364. The third-order valence-corrected chi connectivity index (χ3v) is 2.54. The summed E-state index contributed by atoms with van der Waals surface area (Å²) in [5.41, 5.74) is 5.63. The monoisotopic (exact) mass is 209 g/mol. The molecule has 0 heterocycles. The Morgan fingerprint density at radius 3 is 2.73 bits per heavy atom. The van der Waals surface area contributed by atoms with E-state index < -0.39 is 11.8 Å². The molecule has 80 valence electrons. The summed E-state index contributed by atoms with van der Waals surface area (Å²) < 4.78 is 18.4. The Kier molecular flexibility index (Phi) is 2.58. The van der Waals surface area contributed by atoms with Crippen LogP contribution in [0.2, 0.25) is 0 Å². The van der Waals surface area contributed by atoms with Gasteiger partial charge in [-0.15, -0.1) is 0 Å². The van der Waals surface area contributed by atoms with E-state index in [1.54, 1.807) is 0 Å². The molecule has 1 aliphatic rings. The van der Waals surface area contributed by atoms with Crippen LogP contribution in [0.25, 0.3) is 0 Å². The van der Waals surface area contributed by atoms with Crippen molar-refractivity contribution in [3.8, 4) is 0 Å². The number of hydrogen-bond donors (Lipinski definition) is 1. The van der Waals surface area contributed by atoms with Crippen LogP contribution < -0.4 is 5.73 Å². The topological polar surface area (TPSA) is 52.3 Å². The van der Waals surface area contributed by atoms with Gasteiger partial charge in [-0.2, -0.15) is 0 Å². The molecule has 2 N–H and O–H groups in total. The summed E-state index contributed by atoms with van der Waals surface area (Å²) >= 11 is 0. The average molecular weight is 209 g/mol. The highest BCUT2D eigenvalue weighted by Gasteiger charge is 2.23. The second-order valence-electron chi connectivity index (χ2n) is 3.70. The van der Waals surface area contributed by atoms with Gasteiger partial charge in [0.15, 0.2) is 0 Å². The highest BCUT2D eigenvalue weighted by Crippen LogP contribution is 2.24. The summed E-state index contributed by atoms with van der Waals surface area (Å²) in [5.74, 6) is -1.23. The normalized spacial score (nSPS) is 15.8. The number of esters is 1. The molecule has 1 aromatic rings. The Balaban J connectivity index is 2.10. The van der Waals surface area contributed by atoms with Gasteiger partial charge >= 0.3 is 5.97 Å². The van der Waals surface area contributed by atoms with Crippen molar-refractivity contribution in [3.63, 3.8) is 0 Å². The smallest absolute Gasteiger partial charge is 0.341 e. The first-order valence-electron chi connectivity index (χ1n) is 4.93. The zero-order valence-electron chi connectivity index (χ0n) is 8.20. The van der Waals surface area contributed by atoms with Crippen LogP contribution in [0.3, 0.4) is 0 Å². The fourth-order valence-corrected chi connectivity index (χ4v) is 1.40. The van der Waals surface area contributed by atoms with Crippen LogP contribution in [0.4, 0.5) is 10.1 Å². The number of carbonyl (C=O) groups is 1. The molecule has 15 heavy (non-hydrogen) atoms. The maximum atomic E-state index is 13.3. The van der Waals surface area contributed by atoms with E-state index in [1.807, 2.05) is 0 Å². The van der Waals surface area contributed by atoms with Crippen molar-refractivity contribution in [3.05, 3.63) is 29.6 Å². The van der Waals surface area contributed by atoms with Crippen molar-refractivity contribution in [1.29, 1.82) is 0 Å². The molecule has 0 aliphatic heterocycles. The second kappa shape index (κ2) is 3.88. The minimum atomic E-state index is -0.626. The molecule has 0 aromatic heterocycles. The SMILES string of the molecule is Nc1ccc(C(=O)OC2CCC2)c(F)c1. The van der Waals surface area contributed by atoms with Gasteiger partial charge in [0, 0.05) is 5.69 Å². The average Bonchev–Trinajstić information content (AvgIpc) is 2.11. The van der Waals surface area contributed by atoms with Crippen LogP contribution in [0, 0.1) is 5.82 Å². The number of carbonyl (C=O) groups excluding carboxylic acids is 1. The van der Waals surface area contributed by atoms with Gasteiger partial charge in [0.05, 0.1) is 5.56 Å². The third kappa shape index (κ3) is 2.09. The number of nitrogens with two attached hydrogens (primary N) is 1. The van der Waals surface area contributed by atoms with Crippen molar-refractivity contribution < 1.29 is 13.9 Å². The van der Waals surface area contributed by atoms with E-state index in [2.05, 4.69) is 0 Å². The minimum absolute atomic E-state index is 0.0329. The van der Waals surface area contributed by atoms with Gasteiger partial charge < -0.3 is 10.5 Å². The summed E-state index contributed by atoms with van der Waals surface area (Å²) in [6.45, 7) is 0. The molecule has 0 unspecified atom stereocenters. The molecule has 4 heteroatoms. The summed E-state index contributed by atoms with van der Waals surface area (Å²) in [6.07, 6.45) is 2.79. The molecular weight excluding hydrogens is 197 g/mol. The van der Waals surface area contributed by atoms with Gasteiger partial charge in [-0.3, -0.25) is 0 Å². The largest absolute Gasteiger partial charge is 0.459 e. The Hall–Kier alpha value is -1.58. The van der Waals surface area contributed by atoms with Crippen LogP contribution in [-0.2, 0) is 4.74 Å². The van der Waals surface area contributed by atoms with E-state index in [1.165, 1.54) is 12.1 Å². The van der Waals surface area contributed by atoms with Crippen LogP contribution in [0.15, 0.2) is 18.2 Å². The molecule has 1 saturated carbocycles. The molecule has 3 nitrogen and oxygen atoms in total. The Bertz CT molecular complexity index is 388. The molecule has 0 bridgehead atoms. The lowest BCUT2D eigenvalue weighted by Crippen LogP contribution is -2.25. The van der Waals surface area contributed by atoms with Crippen LogP contribution in [0.5, 0.6) is 0 Å². The predicted octanol–water partition coefficient (Wildman–Crippen LogP) is 2.12. The summed E-state index contributed by atoms with van der Waals surface area (Å²) in [6, 6.07) is 3.96. The second-order valence-corrected chi connectivity index (χ2v) is 3.70. The van der Waals surface area contributed by atoms with Crippen molar-refractivity contribution in [2.75, 3.05) is 5.73 Å². The van der Waals surface area contributed by atoms with Gasteiger partial charge in [0.25, 0.3) is 0 Å². The number of rotatable bonds is 2. The molecule has 0 saturated heterocycles. The van der Waals surface area contributed by atoms with Crippen molar-refractivity contribution in [2.24, 2.45) is 0 Å². The number of ether oxygens (including phenoxy) is 1. The molecule has 0 spiro atoms. The number of benzene rings is 1. The summed E-state index contributed by atoms with van der Waals surface area (Å²) in [5, 5.41) is 0. The molecule has 1 fully saturated rings. The van der Waals surface area contributed by atoms with E-state index in [0.717, 1.165) is 25.3 Å². The van der Waals surface area contributed by atoms with Crippen LogP contribution >= 0.6 is 0 Å². The quantitative estimate of drug-likeness (QED) is 0.599. The first-order chi connectivity index (χ1) is 7.16.